The Hall–Kier alpha value is -2.95. The molecule has 9 nitrogen and oxygen atoms in total. The van der Waals surface area contributed by atoms with Crippen LogP contribution >= 0.6 is 0 Å². The molecule has 2 aromatic carbocycles. The lowest BCUT2D eigenvalue weighted by atomic mass is 10.1. The van der Waals surface area contributed by atoms with E-state index in [-0.39, 0.29) is 23.8 Å². The molecule has 2 amide bonds. The lowest BCUT2D eigenvalue weighted by Gasteiger charge is -2.12. The topological polar surface area (TPSA) is 123 Å². The lowest BCUT2D eigenvalue weighted by molar-refractivity contribution is -0.116. The highest BCUT2D eigenvalue weighted by molar-refractivity contribution is 7.89. The van der Waals surface area contributed by atoms with E-state index in [9.17, 15) is 18.0 Å². The Morgan fingerprint density at radius 2 is 1.72 bits per heavy atom. The van der Waals surface area contributed by atoms with Crippen LogP contribution in [0.1, 0.15) is 30.1 Å². The number of amides is 2. The van der Waals surface area contributed by atoms with Crippen molar-refractivity contribution in [3.63, 3.8) is 0 Å². The number of hydrogen-bond donors (Lipinski definition) is 3. The second-order valence-electron chi connectivity index (χ2n) is 6.72. The van der Waals surface area contributed by atoms with Gasteiger partial charge in [0.05, 0.1) is 23.3 Å². The fourth-order valence-corrected chi connectivity index (χ4v) is 3.79. The number of ether oxygens (including phenoxy) is 2. The standard InChI is InChI=1S/C22H29N3O6S/c1-3-31-16-6-14-23-22(27)19-7-4-5-8-20(19)25-21(26)13-15-24-32(28,29)18-11-9-17(30-2)10-12-18/h4-5,7-12,24H,3,6,13-16H2,1-2H3,(H,23,27)(H,25,26). The molecule has 10 heteroatoms. The second-order valence-corrected chi connectivity index (χ2v) is 8.49. The molecule has 0 fully saturated rings. The van der Waals surface area contributed by atoms with Crippen molar-refractivity contribution in [1.82, 2.24) is 10.0 Å². The van der Waals surface area contributed by atoms with Crippen LogP contribution in [0.3, 0.4) is 0 Å². The van der Waals surface area contributed by atoms with E-state index in [1.165, 1.54) is 19.2 Å². The Balaban J connectivity index is 1.86. The van der Waals surface area contributed by atoms with Crippen LogP contribution < -0.4 is 20.1 Å². The van der Waals surface area contributed by atoms with Crippen LogP contribution in [0.2, 0.25) is 0 Å². The maximum Gasteiger partial charge on any atom is 0.253 e. The van der Waals surface area contributed by atoms with Crippen molar-refractivity contribution in [2.75, 3.05) is 38.7 Å². The van der Waals surface area contributed by atoms with E-state index in [0.717, 1.165) is 0 Å². The molecule has 2 rings (SSSR count). The molecule has 0 heterocycles. The molecule has 0 radical (unpaired) electrons. The van der Waals surface area contributed by atoms with Crippen molar-refractivity contribution in [3.8, 4) is 5.75 Å². The largest absolute Gasteiger partial charge is 0.497 e. The van der Waals surface area contributed by atoms with E-state index >= 15 is 0 Å². The van der Waals surface area contributed by atoms with Gasteiger partial charge in [-0.25, -0.2) is 13.1 Å². The molecule has 0 aliphatic heterocycles. The number of rotatable bonds is 13. The van der Waals surface area contributed by atoms with Crippen LogP contribution in [0.25, 0.3) is 0 Å². The summed E-state index contributed by atoms with van der Waals surface area (Å²) in [6, 6.07) is 12.6. The molecule has 0 spiro atoms. The molecule has 0 unspecified atom stereocenters. The maximum atomic E-state index is 12.4. The predicted octanol–water partition coefficient (Wildman–Crippen LogP) is 2.16. The van der Waals surface area contributed by atoms with Gasteiger partial charge in [0.1, 0.15) is 5.75 Å². The minimum absolute atomic E-state index is 0.0741. The number of sulfonamides is 1. The molecule has 0 aliphatic rings. The Morgan fingerprint density at radius 3 is 2.41 bits per heavy atom. The van der Waals surface area contributed by atoms with Gasteiger partial charge in [-0.05, 0) is 49.7 Å². The Morgan fingerprint density at radius 1 is 1.00 bits per heavy atom. The van der Waals surface area contributed by atoms with Crippen LogP contribution in [-0.4, -0.2) is 53.6 Å². The summed E-state index contributed by atoms with van der Waals surface area (Å²) in [6.07, 6.45) is 0.585. The van der Waals surface area contributed by atoms with Crippen molar-refractivity contribution in [2.24, 2.45) is 0 Å². The van der Waals surface area contributed by atoms with Crippen molar-refractivity contribution in [2.45, 2.75) is 24.7 Å². The van der Waals surface area contributed by atoms with Crippen LogP contribution in [-0.2, 0) is 19.6 Å². The van der Waals surface area contributed by atoms with Crippen molar-refractivity contribution < 1.29 is 27.5 Å². The molecular weight excluding hydrogens is 434 g/mol. The van der Waals surface area contributed by atoms with E-state index in [4.69, 9.17) is 9.47 Å². The number of para-hydroxylation sites is 1. The molecule has 0 atom stereocenters. The van der Waals surface area contributed by atoms with Gasteiger partial charge < -0.3 is 20.1 Å². The van der Waals surface area contributed by atoms with Gasteiger partial charge in [0.15, 0.2) is 0 Å². The average molecular weight is 464 g/mol. The minimum atomic E-state index is -3.75. The third-order valence-corrected chi connectivity index (χ3v) is 5.89. The third kappa shape index (κ3) is 7.95. The van der Waals surface area contributed by atoms with Crippen LogP contribution in [0.4, 0.5) is 5.69 Å². The first-order valence-corrected chi connectivity index (χ1v) is 11.7. The normalized spacial score (nSPS) is 11.1. The van der Waals surface area contributed by atoms with Gasteiger partial charge in [0.25, 0.3) is 5.91 Å². The van der Waals surface area contributed by atoms with Gasteiger partial charge in [-0.15, -0.1) is 0 Å². The van der Waals surface area contributed by atoms with Gasteiger partial charge in [0, 0.05) is 32.7 Å². The zero-order valence-electron chi connectivity index (χ0n) is 18.2. The number of hydrogen-bond acceptors (Lipinski definition) is 6. The third-order valence-electron chi connectivity index (χ3n) is 4.41. The summed E-state index contributed by atoms with van der Waals surface area (Å²) in [7, 11) is -2.26. The van der Waals surface area contributed by atoms with E-state index in [1.54, 1.807) is 36.4 Å². The summed E-state index contributed by atoms with van der Waals surface area (Å²) in [6.45, 7) is 3.45. The maximum absolute atomic E-state index is 12.4. The monoisotopic (exact) mass is 463 g/mol. The summed E-state index contributed by atoms with van der Waals surface area (Å²) in [5, 5.41) is 5.46. The molecule has 3 N–H and O–H groups in total. The quantitative estimate of drug-likeness (QED) is 0.391. The van der Waals surface area contributed by atoms with Crippen molar-refractivity contribution in [3.05, 3.63) is 54.1 Å². The first kappa shape index (κ1) is 25.3. The van der Waals surface area contributed by atoms with Gasteiger partial charge in [-0.1, -0.05) is 12.1 Å². The number of nitrogens with one attached hydrogen (secondary N) is 3. The highest BCUT2D eigenvalue weighted by atomic mass is 32.2. The second kappa shape index (κ2) is 12.8. The molecule has 174 valence electrons. The molecule has 0 saturated carbocycles. The zero-order chi connectivity index (χ0) is 23.4. The Kier molecular flexibility index (Phi) is 10.1. The molecule has 0 saturated heterocycles. The zero-order valence-corrected chi connectivity index (χ0v) is 19.0. The van der Waals surface area contributed by atoms with E-state index in [0.29, 0.717) is 43.2 Å². The summed E-state index contributed by atoms with van der Waals surface area (Å²) >= 11 is 0. The summed E-state index contributed by atoms with van der Waals surface area (Å²) in [5.74, 6) is -0.183. The van der Waals surface area contributed by atoms with E-state index in [2.05, 4.69) is 15.4 Å². The molecule has 2 aromatic rings. The fourth-order valence-electron chi connectivity index (χ4n) is 2.76. The van der Waals surface area contributed by atoms with E-state index in [1.807, 2.05) is 6.92 Å². The SMILES string of the molecule is CCOCCCNC(=O)c1ccccc1NC(=O)CCNS(=O)(=O)c1ccc(OC)cc1. The van der Waals surface area contributed by atoms with Crippen LogP contribution in [0.5, 0.6) is 5.75 Å². The van der Waals surface area contributed by atoms with Crippen molar-refractivity contribution >= 4 is 27.5 Å². The van der Waals surface area contributed by atoms with Gasteiger partial charge in [-0.2, -0.15) is 0 Å². The fraction of sp³-hybridized carbons (Fsp3) is 0.364. The number of carbonyl (C=O) groups excluding carboxylic acids is 2. The number of benzene rings is 2. The first-order chi connectivity index (χ1) is 15.4. The summed E-state index contributed by atoms with van der Waals surface area (Å²) in [4.78, 5) is 24.8. The van der Waals surface area contributed by atoms with E-state index < -0.39 is 15.9 Å². The predicted molar refractivity (Wildman–Crippen MR) is 121 cm³/mol. The lowest BCUT2D eigenvalue weighted by Crippen LogP contribution is -2.29. The Bertz CT molecular complexity index is 993. The highest BCUT2D eigenvalue weighted by Crippen LogP contribution is 2.16. The van der Waals surface area contributed by atoms with Gasteiger partial charge in [-0.3, -0.25) is 9.59 Å². The average Bonchev–Trinajstić information content (AvgIpc) is 2.79. The highest BCUT2D eigenvalue weighted by Gasteiger charge is 2.16. The smallest absolute Gasteiger partial charge is 0.253 e. The first-order valence-electron chi connectivity index (χ1n) is 10.3. The molecular formula is C22H29N3O6S. The van der Waals surface area contributed by atoms with Gasteiger partial charge >= 0.3 is 0 Å². The summed E-state index contributed by atoms with van der Waals surface area (Å²) < 4.78 is 37.3. The van der Waals surface area contributed by atoms with Gasteiger partial charge in [0.2, 0.25) is 15.9 Å². The molecule has 0 aromatic heterocycles. The van der Waals surface area contributed by atoms with Crippen LogP contribution in [0, 0.1) is 0 Å². The number of carbonyl (C=O) groups is 2. The summed E-state index contributed by atoms with van der Waals surface area (Å²) in [5.41, 5.74) is 0.689. The Labute approximate surface area is 188 Å². The van der Waals surface area contributed by atoms with Crippen molar-refractivity contribution in [1.29, 1.82) is 0 Å². The van der Waals surface area contributed by atoms with Crippen LogP contribution in [0.15, 0.2) is 53.4 Å². The minimum Gasteiger partial charge on any atom is -0.497 e. The number of anilines is 1. The molecule has 0 bridgehead atoms. The number of methoxy groups -OCH3 is 1. The molecule has 0 aliphatic carbocycles. The molecule has 32 heavy (non-hydrogen) atoms.